The topological polar surface area (TPSA) is 58.9 Å². The number of isocyanates is 2. The van der Waals surface area contributed by atoms with Crippen LogP contribution in [0.1, 0.15) is 72.6 Å². The summed E-state index contributed by atoms with van der Waals surface area (Å²) in [7, 11) is 0. The Bertz CT molecular complexity index is 361. The molecule has 0 saturated heterocycles. The highest BCUT2D eigenvalue weighted by atomic mass is 16.1. The van der Waals surface area contributed by atoms with Crippen LogP contribution in [0.5, 0.6) is 0 Å². The van der Waals surface area contributed by atoms with Crippen LogP contribution >= 0.6 is 0 Å². The van der Waals surface area contributed by atoms with Crippen LogP contribution in [0.25, 0.3) is 0 Å². The van der Waals surface area contributed by atoms with Crippen molar-refractivity contribution >= 4 is 12.2 Å². The monoisotopic (exact) mass is 294 g/mol. The Morgan fingerprint density at radius 2 is 1.67 bits per heavy atom. The molecule has 2 atom stereocenters. The molecule has 21 heavy (non-hydrogen) atoms. The van der Waals surface area contributed by atoms with Crippen molar-refractivity contribution in [2.45, 2.75) is 78.7 Å². The van der Waals surface area contributed by atoms with Crippen molar-refractivity contribution < 1.29 is 9.59 Å². The molecule has 120 valence electrons. The van der Waals surface area contributed by atoms with Crippen molar-refractivity contribution in [3.63, 3.8) is 0 Å². The van der Waals surface area contributed by atoms with Crippen LogP contribution < -0.4 is 0 Å². The van der Waals surface area contributed by atoms with Crippen LogP contribution in [-0.2, 0) is 9.59 Å². The summed E-state index contributed by atoms with van der Waals surface area (Å²) < 4.78 is 0. The van der Waals surface area contributed by atoms with E-state index in [4.69, 9.17) is 0 Å². The van der Waals surface area contributed by atoms with E-state index in [0.717, 1.165) is 38.5 Å². The Morgan fingerprint density at radius 1 is 0.952 bits per heavy atom. The summed E-state index contributed by atoms with van der Waals surface area (Å²) in [6.07, 6.45) is 10.3. The molecular formula is C17H30N2O2. The minimum Gasteiger partial charge on any atom is -0.211 e. The van der Waals surface area contributed by atoms with Crippen LogP contribution in [0, 0.1) is 11.3 Å². The summed E-state index contributed by atoms with van der Waals surface area (Å²) in [4.78, 5) is 27.9. The van der Waals surface area contributed by atoms with Crippen molar-refractivity contribution in [2.24, 2.45) is 21.3 Å². The van der Waals surface area contributed by atoms with Crippen molar-refractivity contribution in [2.75, 3.05) is 6.54 Å². The first-order valence-corrected chi connectivity index (χ1v) is 7.99. The quantitative estimate of drug-likeness (QED) is 0.321. The Kier molecular flexibility index (Phi) is 10.7. The largest absolute Gasteiger partial charge is 0.235 e. The lowest BCUT2D eigenvalue weighted by Gasteiger charge is -2.24. The normalized spacial score (nSPS) is 13.9. The number of rotatable bonds is 11. The average molecular weight is 294 g/mol. The van der Waals surface area contributed by atoms with Crippen LogP contribution in [0.15, 0.2) is 9.98 Å². The highest BCUT2D eigenvalue weighted by molar-refractivity contribution is 5.33. The SMILES string of the molecule is CC(CCC(CCCCCN=C=O)N=C=O)CC(C)(C)C. The van der Waals surface area contributed by atoms with Gasteiger partial charge in [-0.3, -0.25) is 0 Å². The van der Waals surface area contributed by atoms with Gasteiger partial charge in [0.25, 0.3) is 0 Å². The molecule has 0 aromatic carbocycles. The molecule has 0 saturated carbocycles. The Morgan fingerprint density at radius 3 is 2.24 bits per heavy atom. The molecule has 0 bridgehead atoms. The molecule has 2 unspecified atom stereocenters. The van der Waals surface area contributed by atoms with Gasteiger partial charge >= 0.3 is 0 Å². The summed E-state index contributed by atoms with van der Waals surface area (Å²) in [6, 6.07) is 0.0968. The minimum absolute atomic E-state index is 0.0968. The number of hydrogen-bond acceptors (Lipinski definition) is 4. The zero-order valence-corrected chi connectivity index (χ0v) is 14.0. The van der Waals surface area contributed by atoms with Crippen molar-refractivity contribution in [3.8, 4) is 0 Å². The number of hydrogen-bond donors (Lipinski definition) is 0. The van der Waals surface area contributed by atoms with Crippen LogP contribution in [0.3, 0.4) is 0 Å². The third kappa shape index (κ3) is 13.5. The van der Waals surface area contributed by atoms with Crippen LogP contribution in [0.2, 0.25) is 0 Å². The van der Waals surface area contributed by atoms with E-state index < -0.39 is 0 Å². The molecule has 0 spiro atoms. The summed E-state index contributed by atoms with van der Waals surface area (Å²) in [5.74, 6) is 0.649. The maximum absolute atomic E-state index is 10.5. The Hall–Kier alpha value is -1.24. The van der Waals surface area contributed by atoms with Gasteiger partial charge in [-0.05, 0) is 43.4 Å². The predicted octanol–water partition coefficient (Wildman–Crippen LogP) is 4.44. The van der Waals surface area contributed by atoms with Gasteiger partial charge in [0.2, 0.25) is 12.2 Å². The number of carbonyl (C=O) groups excluding carboxylic acids is 2. The van der Waals surface area contributed by atoms with Gasteiger partial charge in [-0.2, -0.15) is 0 Å². The van der Waals surface area contributed by atoms with Gasteiger partial charge in [0.1, 0.15) is 0 Å². The fraction of sp³-hybridized carbons (Fsp3) is 0.882. The lowest BCUT2D eigenvalue weighted by molar-refractivity contribution is 0.287. The molecule has 0 aliphatic carbocycles. The molecule has 4 heteroatoms. The summed E-state index contributed by atoms with van der Waals surface area (Å²) in [5.41, 5.74) is 0.349. The third-order valence-corrected chi connectivity index (χ3v) is 3.56. The zero-order valence-electron chi connectivity index (χ0n) is 14.0. The van der Waals surface area contributed by atoms with Crippen molar-refractivity contribution in [1.29, 1.82) is 0 Å². The summed E-state index contributed by atoms with van der Waals surface area (Å²) >= 11 is 0. The van der Waals surface area contributed by atoms with Crippen molar-refractivity contribution in [1.82, 2.24) is 0 Å². The van der Waals surface area contributed by atoms with Gasteiger partial charge in [0.05, 0.1) is 12.6 Å². The standard InChI is InChI=1S/C17H30N2O2/c1-15(12-17(2,3)4)9-10-16(19-14-21)8-6-5-7-11-18-13-20/h15-16H,5-12H2,1-4H3. The van der Waals surface area contributed by atoms with Crippen LogP contribution in [-0.4, -0.2) is 24.7 Å². The maximum Gasteiger partial charge on any atom is 0.235 e. The van der Waals surface area contributed by atoms with E-state index in [9.17, 15) is 9.59 Å². The fourth-order valence-electron chi connectivity index (χ4n) is 2.77. The second-order valence-electron chi connectivity index (χ2n) is 7.14. The van der Waals surface area contributed by atoms with E-state index in [0.29, 0.717) is 17.9 Å². The Balaban J connectivity index is 3.96. The molecule has 0 aromatic rings. The molecular weight excluding hydrogens is 264 g/mol. The molecule has 0 aliphatic heterocycles. The Labute approximate surface area is 129 Å². The highest BCUT2D eigenvalue weighted by Crippen LogP contribution is 2.27. The summed E-state index contributed by atoms with van der Waals surface area (Å²) in [6.45, 7) is 9.59. The molecule has 4 nitrogen and oxygen atoms in total. The maximum atomic E-state index is 10.5. The van der Waals surface area contributed by atoms with E-state index in [1.54, 1.807) is 12.2 Å². The van der Waals surface area contributed by atoms with Gasteiger partial charge in [0.15, 0.2) is 0 Å². The van der Waals surface area contributed by atoms with Gasteiger partial charge in [-0.1, -0.05) is 40.5 Å². The first-order chi connectivity index (χ1) is 9.89. The molecule has 0 fully saturated rings. The number of nitrogens with zero attached hydrogens (tertiary/aromatic N) is 2. The minimum atomic E-state index is 0.0968. The first kappa shape index (κ1) is 19.8. The summed E-state index contributed by atoms with van der Waals surface area (Å²) in [5, 5.41) is 0. The van der Waals surface area contributed by atoms with E-state index in [2.05, 4.69) is 37.7 Å². The van der Waals surface area contributed by atoms with Gasteiger partial charge < -0.3 is 0 Å². The second-order valence-corrected chi connectivity index (χ2v) is 7.14. The van der Waals surface area contributed by atoms with E-state index in [1.807, 2.05) is 0 Å². The third-order valence-electron chi connectivity index (χ3n) is 3.56. The van der Waals surface area contributed by atoms with E-state index >= 15 is 0 Å². The van der Waals surface area contributed by atoms with Crippen molar-refractivity contribution in [3.05, 3.63) is 0 Å². The fourth-order valence-corrected chi connectivity index (χ4v) is 2.77. The van der Waals surface area contributed by atoms with E-state index in [1.165, 1.54) is 6.42 Å². The molecule has 0 N–H and O–H groups in total. The molecule has 0 amide bonds. The highest BCUT2D eigenvalue weighted by Gasteiger charge is 2.16. The van der Waals surface area contributed by atoms with Crippen LogP contribution in [0.4, 0.5) is 0 Å². The average Bonchev–Trinajstić information content (AvgIpc) is 2.37. The van der Waals surface area contributed by atoms with Gasteiger partial charge in [-0.25, -0.2) is 19.6 Å². The van der Waals surface area contributed by atoms with E-state index in [-0.39, 0.29) is 6.04 Å². The number of unbranched alkanes of at least 4 members (excludes halogenated alkanes) is 2. The molecule has 0 aromatic heterocycles. The molecule has 0 heterocycles. The molecule has 0 radical (unpaired) electrons. The zero-order chi connectivity index (χ0) is 16.1. The number of aliphatic imine (C=N–C) groups is 2. The second kappa shape index (κ2) is 11.4. The lowest BCUT2D eigenvalue weighted by Crippen LogP contribution is -2.13. The van der Waals surface area contributed by atoms with Gasteiger partial charge in [-0.15, -0.1) is 0 Å². The first-order valence-electron chi connectivity index (χ1n) is 7.99. The molecule has 0 aliphatic rings. The van der Waals surface area contributed by atoms with Gasteiger partial charge in [0, 0.05) is 0 Å². The lowest BCUT2D eigenvalue weighted by atomic mass is 9.83. The predicted molar refractivity (Wildman–Crippen MR) is 85.8 cm³/mol. The smallest absolute Gasteiger partial charge is 0.211 e. The molecule has 0 rings (SSSR count).